The number of halogens is 2. The lowest BCUT2D eigenvalue weighted by molar-refractivity contribution is -0.287. The van der Waals surface area contributed by atoms with Crippen molar-refractivity contribution >= 4 is 0 Å². The SMILES string of the molecule is CCCC[C@H](O)[C@H](N)c1cccc2c1OC(F)(F)O2. The molecule has 1 aliphatic rings. The molecule has 1 aliphatic heterocycles. The van der Waals surface area contributed by atoms with Crippen LogP contribution < -0.4 is 15.2 Å². The van der Waals surface area contributed by atoms with Crippen molar-refractivity contribution in [2.45, 2.75) is 44.6 Å². The van der Waals surface area contributed by atoms with Gasteiger partial charge >= 0.3 is 6.29 Å². The first-order valence-corrected chi connectivity index (χ1v) is 6.27. The molecule has 0 radical (unpaired) electrons. The Kier molecular flexibility index (Phi) is 3.91. The van der Waals surface area contributed by atoms with Crippen molar-refractivity contribution in [1.29, 1.82) is 0 Å². The molecular weight excluding hydrogens is 256 g/mol. The normalized spacial score (nSPS) is 19.2. The zero-order valence-corrected chi connectivity index (χ0v) is 10.6. The molecule has 0 unspecified atom stereocenters. The summed E-state index contributed by atoms with van der Waals surface area (Å²) in [5, 5.41) is 9.95. The Morgan fingerprint density at radius 2 is 2.11 bits per heavy atom. The monoisotopic (exact) mass is 273 g/mol. The first-order chi connectivity index (χ1) is 8.94. The Hall–Kier alpha value is -1.40. The summed E-state index contributed by atoms with van der Waals surface area (Å²) < 4.78 is 34.9. The molecule has 0 aromatic heterocycles. The Morgan fingerprint density at radius 3 is 2.79 bits per heavy atom. The van der Waals surface area contributed by atoms with E-state index in [-0.39, 0.29) is 11.5 Å². The number of rotatable bonds is 5. The number of aliphatic hydroxyl groups excluding tert-OH is 1. The lowest BCUT2D eigenvalue weighted by Crippen LogP contribution is -2.28. The zero-order chi connectivity index (χ0) is 14.0. The van der Waals surface area contributed by atoms with Gasteiger partial charge in [0.2, 0.25) is 0 Å². The first-order valence-electron chi connectivity index (χ1n) is 6.27. The fourth-order valence-electron chi connectivity index (χ4n) is 2.05. The van der Waals surface area contributed by atoms with Gasteiger partial charge in [0.15, 0.2) is 11.5 Å². The minimum atomic E-state index is -3.67. The van der Waals surface area contributed by atoms with Crippen LogP contribution in [0.25, 0.3) is 0 Å². The third-order valence-electron chi connectivity index (χ3n) is 3.09. The second-order valence-corrected chi connectivity index (χ2v) is 4.58. The number of ether oxygens (including phenoxy) is 2. The molecule has 0 fully saturated rings. The van der Waals surface area contributed by atoms with Crippen molar-refractivity contribution in [1.82, 2.24) is 0 Å². The van der Waals surface area contributed by atoms with Gasteiger partial charge in [0, 0.05) is 5.56 Å². The van der Waals surface area contributed by atoms with Crippen molar-refractivity contribution in [3.63, 3.8) is 0 Å². The van der Waals surface area contributed by atoms with Gasteiger partial charge < -0.3 is 20.3 Å². The fraction of sp³-hybridized carbons (Fsp3) is 0.538. The van der Waals surface area contributed by atoms with Crippen LogP contribution in [0.15, 0.2) is 18.2 Å². The van der Waals surface area contributed by atoms with E-state index >= 15 is 0 Å². The maximum atomic E-state index is 13.0. The van der Waals surface area contributed by atoms with Gasteiger partial charge in [-0.25, -0.2) is 0 Å². The van der Waals surface area contributed by atoms with Gasteiger partial charge in [-0.3, -0.25) is 0 Å². The predicted octanol–water partition coefficient (Wildman–Crippen LogP) is 2.56. The van der Waals surface area contributed by atoms with Gasteiger partial charge in [0.1, 0.15) is 0 Å². The van der Waals surface area contributed by atoms with Crippen molar-refractivity contribution in [3.05, 3.63) is 23.8 Å². The fourth-order valence-corrected chi connectivity index (χ4v) is 2.05. The average Bonchev–Trinajstić information content (AvgIpc) is 2.68. The number of para-hydroxylation sites is 1. The quantitative estimate of drug-likeness (QED) is 0.865. The summed E-state index contributed by atoms with van der Waals surface area (Å²) in [4.78, 5) is 0. The molecule has 2 atom stereocenters. The number of hydrogen-bond acceptors (Lipinski definition) is 4. The molecule has 19 heavy (non-hydrogen) atoms. The Labute approximate surface area is 110 Å². The number of benzene rings is 1. The highest BCUT2D eigenvalue weighted by Crippen LogP contribution is 2.45. The molecule has 0 saturated heterocycles. The number of aliphatic hydroxyl groups is 1. The minimum absolute atomic E-state index is 0.0550. The summed E-state index contributed by atoms with van der Waals surface area (Å²) in [7, 11) is 0. The summed E-state index contributed by atoms with van der Waals surface area (Å²) in [6.07, 6.45) is -2.22. The highest BCUT2D eigenvalue weighted by molar-refractivity contribution is 5.50. The van der Waals surface area contributed by atoms with Crippen molar-refractivity contribution in [2.24, 2.45) is 5.73 Å². The second-order valence-electron chi connectivity index (χ2n) is 4.58. The molecule has 1 heterocycles. The van der Waals surface area contributed by atoms with Crippen LogP contribution in [0.2, 0.25) is 0 Å². The zero-order valence-electron chi connectivity index (χ0n) is 10.6. The molecule has 0 amide bonds. The van der Waals surface area contributed by atoms with Gasteiger partial charge in [-0.1, -0.05) is 31.9 Å². The molecule has 1 aromatic rings. The van der Waals surface area contributed by atoms with E-state index in [0.29, 0.717) is 12.0 Å². The molecule has 1 aromatic carbocycles. The molecule has 0 spiro atoms. The number of alkyl halides is 2. The standard InChI is InChI=1S/C13H17F2NO3/c1-2-3-6-9(17)11(16)8-5-4-7-10-12(8)19-13(14,15)18-10/h4-5,7,9,11,17H,2-3,6,16H2,1H3/t9-,11+/m0/s1. The van der Waals surface area contributed by atoms with Crippen LogP contribution in [0.4, 0.5) is 8.78 Å². The van der Waals surface area contributed by atoms with Gasteiger partial charge in [0.25, 0.3) is 0 Å². The van der Waals surface area contributed by atoms with E-state index < -0.39 is 18.4 Å². The maximum Gasteiger partial charge on any atom is 0.586 e. The summed E-state index contributed by atoms with van der Waals surface area (Å²) in [5.41, 5.74) is 6.24. The van der Waals surface area contributed by atoms with E-state index in [1.807, 2.05) is 6.92 Å². The molecule has 0 aliphatic carbocycles. The third-order valence-corrected chi connectivity index (χ3v) is 3.09. The summed E-state index contributed by atoms with van der Waals surface area (Å²) in [5.74, 6) is -0.142. The van der Waals surface area contributed by atoms with E-state index in [0.717, 1.165) is 12.8 Å². The van der Waals surface area contributed by atoms with Gasteiger partial charge in [0.05, 0.1) is 12.1 Å². The average molecular weight is 273 g/mol. The smallest absolute Gasteiger partial charge is 0.395 e. The van der Waals surface area contributed by atoms with E-state index in [1.165, 1.54) is 6.07 Å². The Balaban J connectivity index is 2.20. The van der Waals surface area contributed by atoms with Crippen LogP contribution in [-0.2, 0) is 0 Å². The molecule has 6 heteroatoms. The van der Waals surface area contributed by atoms with E-state index in [2.05, 4.69) is 9.47 Å². The topological polar surface area (TPSA) is 64.7 Å². The molecule has 106 valence electrons. The van der Waals surface area contributed by atoms with Gasteiger partial charge in [-0.2, -0.15) is 0 Å². The van der Waals surface area contributed by atoms with E-state index in [4.69, 9.17) is 5.73 Å². The number of unbranched alkanes of at least 4 members (excludes halogenated alkanes) is 1. The first kappa shape index (κ1) is 14.0. The molecule has 0 saturated carbocycles. The summed E-state index contributed by atoms with van der Waals surface area (Å²) in [6.45, 7) is 2.00. The van der Waals surface area contributed by atoms with Gasteiger partial charge in [-0.05, 0) is 12.5 Å². The van der Waals surface area contributed by atoms with Crippen molar-refractivity contribution < 1.29 is 23.4 Å². The Bertz CT molecular complexity index is 454. The molecule has 0 bridgehead atoms. The summed E-state index contributed by atoms with van der Waals surface area (Å²) in [6, 6.07) is 3.71. The summed E-state index contributed by atoms with van der Waals surface area (Å²) >= 11 is 0. The van der Waals surface area contributed by atoms with Crippen molar-refractivity contribution in [2.75, 3.05) is 0 Å². The van der Waals surface area contributed by atoms with Crippen LogP contribution in [0, 0.1) is 0 Å². The van der Waals surface area contributed by atoms with Crippen LogP contribution in [-0.4, -0.2) is 17.5 Å². The lowest BCUT2D eigenvalue weighted by atomic mass is 9.97. The van der Waals surface area contributed by atoms with Crippen LogP contribution in [0.1, 0.15) is 37.8 Å². The van der Waals surface area contributed by atoms with E-state index in [1.54, 1.807) is 12.1 Å². The Morgan fingerprint density at radius 1 is 1.37 bits per heavy atom. The minimum Gasteiger partial charge on any atom is -0.395 e. The predicted molar refractivity (Wildman–Crippen MR) is 65.1 cm³/mol. The number of nitrogens with two attached hydrogens (primary N) is 1. The maximum absolute atomic E-state index is 13.0. The third kappa shape index (κ3) is 2.96. The molecule has 4 nitrogen and oxygen atoms in total. The van der Waals surface area contributed by atoms with Crippen molar-refractivity contribution in [3.8, 4) is 11.5 Å². The largest absolute Gasteiger partial charge is 0.586 e. The second kappa shape index (κ2) is 5.30. The van der Waals surface area contributed by atoms with E-state index in [9.17, 15) is 13.9 Å². The van der Waals surface area contributed by atoms with Crippen LogP contribution in [0.5, 0.6) is 11.5 Å². The lowest BCUT2D eigenvalue weighted by Gasteiger charge is -2.20. The molecule has 3 N–H and O–H groups in total. The van der Waals surface area contributed by atoms with Crippen LogP contribution >= 0.6 is 0 Å². The van der Waals surface area contributed by atoms with Crippen LogP contribution in [0.3, 0.4) is 0 Å². The molecule has 2 rings (SSSR count). The highest BCUT2D eigenvalue weighted by atomic mass is 19.3. The number of fused-ring (bicyclic) bond motifs is 1. The highest BCUT2D eigenvalue weighted by Gasteiger charge is 2.45. The van der Waals surface area contributed by atoms with Gasteiger partial charge in [-0.15, -0.1) is 8.78 Å². The molecular formula is C13H17F2NO3. The number of hydrogen-bond donors (Lipinski definition) is 2.